The minimum atomic E-state index is -1.96. The van der Waals surface area contributed by atoms with E-state index in [1.165, 1.54) is 44.4 Å². The van der Waals surface area contributed by atoms with Crippen LogP contribution in [0.3, 0.4) is 0 Å². The highest BCUT2D eigenvalue weighted by atomic mass is 32.2. The lowest BCUT2D eigenvalue weighted by molar-refractivity contribution is -0.142. The summed E-state index contributed by atoms with van der Waals surface area (Å²) in [7, 11) is 0. The number of thioether (sulfide) groups is 1. The molecule has 1 aliphatic heterocycles. The molecule has 48 nitrogen and oxygen atoms in total. The molecule has 0 spiro atoms. The lowest BCUT2D eigenvalue weighted by Crippen LogP contribution is -2.63. The number of thiol groups is 1. The lowest BCUT2D eigenvalue weighted by Gasteiger charge is -2.31. The van der Waals surface area contributed by atoms with Crippen molar-refractivity contribution in [2.75, 3.05) is 50.5 Å². The third kappa shape index (κ3) is 41.1. The molecule has 1 aliphatic rings. The monoisotopic (exact) mass is 1870 g/mol. The van der Waals surface area contributed by atoms with Crippen LogP contribution in [0.15, 0.2) is 35.3 Å². The highest BCUT2D eigenvalue weighted by Crippen LogP contribution is 2.21. The number of carbonyl (C=O) groups excluding carboxylic acids is 19. The number of nitrogens with one attached hydrogen (secondary N) is 16. The van der Waals surface area contributed by atoms with E-state index < -0.39 is 284 Å². The summed E-state index contributed by atoms with van der Waals surface area (Å²) in [6.07, 6.45) is -5.36. The second-order valence-corrected chi connectivity index (χ2v) is 33.6. The van der Waals surface area contributed by atoms with Gasteiger partial charge in [-0.05, 0) is 121 Å². The number of carbonyl (C=O) groups is 20. The lowest BCUT2D eigenvalue weighted by atomic mass is 10.0. The van der Waals surface area contributed by atoms with Crippen molar-refractivity contribution in [1.82, 2.24) is 90.0 Å². The number of benzene rings is 1. The number of guanidine groups is 1. The Bertz CT molecular complexity index is 4050. The third-order valence-corrected chi connectivity index (χ3v) is 20.7. The number of hydrogen-bond acceptors (Lipinski definition) is 28. The van der Waals surface area contributed by atoms with Crippen LogP contribution in [0, 0.1) is 17.8 Å². The van der Waals surface area contributed by atoms with Crippen molar-refractivity contribution in [3.63, 3.8) is 0 Å². The number of aliphatic hydroxyl groups excluding tert-OH is 4. The highest BCUT2D eigenvalue weighted by molar-refractivity contribution is 7.98. The number of nitrogens with two attached hydrogens (primary N) is 5. The number of carboxylic acid groups (broad SMARTS) is 1. The zero-order chi connectivity index (χ0) is 98.0. The van der Waals surface area contributed by atoms with Gasteiger partial charge < -0.3 is 144 Å². The first-order chi connectivity index (χ1) is 60.4. The van der Waals surface area contributed by atoms with E-state index in [1.54, 1.807) is 64.3 Å². The molecule has 0 aliphatic carbocycles. The van der Waals surface area contributed by atoms with Crippen LogP contribution in [0.25, 0.3) is 0 Å². The molecule has 724 valence electrons. The average Bonchev–Trinajstić information content (AvgIpc) is 1.75. The number of likely N-dealkylation sites (tertiary alicyclic amines) is 1. The SMILES string of the molecule is CSCC[C@H](NC(=O)[C@@H](NC(=O)[C@H](C)N)[C@@H](C)O)C(=O)N[C@@H](CO)C(=O)NCC(=O)N[C@H](C(=O)N[C@H](C(=O)N[C@H](C(=O)N[C@@H](CS)C(=O)N[C@@H](CC(C)C)C(=O)N[C@@H](CCCN=C(N)N)C(=O)N[C@@H](Cc1ccccc1)C(=O)N1CCC[C@H]1C(=O)NCC(=O)N[C@@H](CCC(N)=O)C(=O)N[C@@H](CC(C)C)C(=O)N[C@@H](CC(N)=O)C(=O)N[C@@H](C)C(=O)O)[C@@H](C)O)[C@@H](C)O)C(C)C. The van der Waals surface area contributed by atoms with Crippen LogP contribution in [-0.2, 0) is 102 Å². The van der Waals surface area contributed by atoms with Crippen molar-refractivity contribution in [3.05, 3.63) is 35.9 Å². The van der Waals surface area contributed by atoms with E-state index in [9.17, 15) is 121 Å². The Morgan fingerprint density at radius 3 is 1.37 bits per heavy atom. The van der Waals surface area contributed by atoms with Crippen molar-refractivity contribution in [3.8, 4) is 0 Å². The molecule has 0 bridgehead atoms. The van der Waals surface area contributed by atoms with E-state index in [0.29, 0.717) is 5.56 Å². The second kappa shape index (κ2) is 57.3. The van der Waals surface area contributed by atoms with E-state index in [4.69, 9.17) is 28.7 Å². The normalized spacial score (nSPS) is 16.6. The zero-order valence-corrected chi connectivity index (χ0v) is 76.1. The van der Waals surface area contributed by atoms with E-state index >= 15 is 0 Å². The van der Waals surface area contributed by atoms with Crippen molar-refractivity contribution >= 4 is 149 Å². The average molecular weight is 1870 g/mol. The molecule has 19 amide bonds. The summed E-state index contributed by atoms with van der Waals surface area (Å²) in [6.45, 7) is 12.6. The van der Waals surface area contributed by atoms with Gasteiger partial charge in [-0.1, -0.05) is 71.9 Å². The quantitative estimate of drug-likeness (QED) is 0.0125. The number of primary amides is 2. The zero-order valence-electron chi connectivity index (χ0n) is 74.4. The number of carboxylic acids is 1. The molecule has 129 heavy (non-hydrogen) atoms. The first kappa shape index (κ1) is 113. The van der Waals surface area contributed by atoms with E-state index in [2.05, 4.69) is 103 Å². The minimum Gasteiger partial charge on any atom is -0.480 e. The van der Waals surface area contributed by atoms with Crippen LogP contribution in [0.4, 0.5) is 0 Å². The van der Waals surface area contributed by atoms with E-state index in [1.807, 2.05) is 0 Å². The Morgan fingerprint density at radius 2 is 0.907 bits per heavy atom. The Kier molecular flexibility index (Phi) is 50.4. The fourth-order valence-corrected chi connectivity index (χ4v) is 13.4. The Morgan fingerprint density at radius 1 is 0.481 bits per heavy atom. The van der Waals surface area contributed by atoms with Gasteiger partial charge in [0.1, 0.15) is 90.6 Å². The Hall–Kier alpha value is -11.6. The molecule has 31 N–H and O–H groups in total. The molecule has 1 aromatic carbocycles. The smallest absolute Gasteiger partial charge is 0.325 e. The number of aliphatic carboxylic acids is 1. The first-order valence-corrected chi connectivity index (χ1v) is 43.9. The highest BCUT2D eigenvalue weighted by Gasteiger charge is 2.43. The summed E-state index contributed by atoms with van der Waals surface area (Å²) in [4.78, 5) is 276. The summed E-state index contributed by atoms with van der Waals surface area (Å²) in [6, 6.07) is -16.5. The van der Waals surface area contributed by atoms with Crippen LogP contribution in [0.1, 0.15) is 146 Å². The van der Waals surface area contributed by atoms with Gasteiger partial charge in [-0.3, -0.25) is 101 Å². The molecule has 0 unspecified atom stereocenters. The van der Waals surface area contributed by atoms with Crippen molar-refractivity contribution < 1.29 is 121 Å². The summed E-state index contributed by atoms with van der Waals surface area (Å²) in [5.41, 5.74) is 28.0. The topological polar surface area (TPSA) is 781 Å². The number of rotatable bonds is 58. The summed E-state index contributed by atoms with van der Waals surface area (Å²) < 4.78 is 0. The van der Waals surface area contributed by atoms with Crippen LogP contribution in [0.5, 0.6) is 0 Å². The van der Waals surface area contributed by atoms with Crippen molar-refractivity contribution in [2.45, 2.75) is 262 Å². The molecule has 19 atom stereocenters. The standard InChI is InChI=1S/C79H131N23O25S2/c1-36(2)28-48(93-71(119)53(35-128)97-75(123)61(42(10)105)101-76(124)62(43(11)106)100-73(121)59(38(5)6)98-58(110)33-86-64(112)52(34-103)96-67(115)47(24-27-129-12)91-74(122)60(41(9)104)99-63(111)39(7)80)69(117)90-45(20-16-25-85-79(83)84)65(113)95-51(30-44-18-14-13-15-19-44)77(125)102-26-17-21-54(102)72(120)87-32-57(109)89-46(22-23-55(81)107)66(114)92-49(29-37(3)4)70(118)94-50(31-56(82)108)68(116)88-40(8)78(126)127/h13-15,18-19,36-43,45-54,59-62,103-106,128H,16-17,20-35,80H2,1-12H3,(H2,81,107)(H2,82,108)(H,86,112)(H,87,120)(H,88,116)(H,89,109)(H,90,117)(H,91,122)(H,92,114)(H,93,119)(H,94,118)(H,95,113)(H,96,115)(H,97,123)(H,98,110)(H,99,111)(H,100,121)(H,101,124)(H,126,127)(H4,83,84,85)/t39-,40-,41+,42+,43+,45-,46-,47-,48-,49-,50-,51-,52-,53-,54-,59-,60-,61-,62-/m0/s1. The van der Waals surface area contributed by atoms with Gasteiger partial charge in [0.25, 0.3) is 0 Å². The van der Waals surface area contributed by atoms with Crippen molar-refractivity contribution in [2.24, 2.45) is 51.4 Å². The van der Waals surface area contributed by atoms with Gasteiger partial charge in [0.2, 0.25) is 112 Å². The molecule has 1 saturated heterocycles. The van der Waals surface area contributed by atoms with Gasteiger partial charge in [0.05, 0.1) is 50.5 Å². The minimum absolute atomic E-state index is 0.0188. The van der Waals surface area contributed by atoms with Crippen molar-refractivity contribution in [1.29, 1.82) is 0 Å². The third-order valence-electron chi connectivity index (χ3n) is 19.7. The van der Waals surface area contributed by atoms with Gasteiger partial charge >= 0.3 is 5.97 Å². The maximum atomic E-state index is 15.0. The number of nitrogens with zero attached hydrogens (tertiary/aromatic N) is 2. The fraction of sp³-hybridized carbons (Fsp3) is 0.658. The predicted molar refractivity (Wildman–Crippen MR) is 470 cm³/mol. The number of amides is 19. The molecule has 0 aromatic heterocycles. The van der Waals surface area contributed by atoms with Gasteiger partial charge in [0.15, 0.2) is 5.96 Å². The molecule has 1 aromatic rings. The van der Waals surface area contributed by atoms with Gasteiger partial charge in [-0.2, -0.15) is 24.4 Å². The largest absolute Gasteiger partial charge is 0.480 e. The van der Waals surface area contributed by atoms with Gasteiger partial charge in [0, 0.05) is 31.7 Å². The van der Waals surface area contributed by atoms with E-state index in [0.717, 1.165) is 20.8 Å². The molecule has 2 rings (SSSR count). The maximum Gasteiger partial charge on any atom is 0.325 e. The molecule has 1 fully saturated rings. The number of hydrogen-bond donors (Lipinski definition) is 27. The predicted octanol–water partition coefficient (Wildman–Crippen LogP) is -10.5. The Labute approximate surface area is 756 Å². The van der Waals surface area contributed by atoms with Gasteiger partial charge in [-0.25, -0.2) is 0 Å². The van der Waals surface area contributed by atoms with E-state index in [-0.39, 0.29) is 88.0 Å². The van der Waals surface area contributed by atoms with Crippen LogP contribution >= 0.6 is 24.4 Å². The summed E-state index contributed by atoms with van der Waals surface area (Å²) >= 11 is 5.55. The first-order valence-electron chi connectivity index (χ1n) is 41.9. The Balaban J connectivity index is 2.39. The molecular weight excluding hydrogens is 1740 g/mol. The van der Waals surface area contributed by atoms with Crippen LogP contribution < -0.4 is 114 Å². The summed E-state index contributed by atoms with van der Waals surface area (Å²) in [5.74, 6) is -22.7. The summed E-state index contributed by atoms with van der Waals surface area (Å²) in [5, 5.41) is 89.7. The second-order valence-electron chi connectivity index (χ2n) is 32.3. The molecule has 1 heterocycles. The van der Waals surface area contributed by atoms with Gasteiger partial charge in [-0.15, -0.1) is 0 Å². The number of aliphatic imine (C=N–C) groups is 1. The fourth-order valence-electron chi connectivity index (χ4n) is 12.7. The molecule has 50 heteroatoms. The maximum absolute atomic E-state index is 15.0. The molecule has 0 radical (unpaired) electrons. The number of aliphatic hydroxyl groups is 4. The van der Waals surface area contributed by atoms with Crippen LogP contribution in [0.2, 0.25) is 0 Å². The molecular formula is C79H131N23O25S2. The molecule has 0 saturated carbocycles. The van der Waals surface area contributed by atoms with Crippen LogP contribution in [-0.4, -0.2) is 320 Å².